The number of nitrogens with one attached hydrogen (secondary N) is 1. The Labute approximate surface area is 129 Å². The molecule has 0 fully saturated rings. The highest BCUT2D eigenvalue weighted by Gasteiger charge is 2.13. The van der Waals surface area contributed by atoms with Gasteiger partial charge in [0.05, 0.1) is 17.9 Å². The van der Waals surface area contributed by atoms with E-state index in [1.807, 2.05) is 32.0 Å². The van der Waals surface area contributed by atoms with Crippen LogP contribution in [-0.4, -0.2) is 15.8 Å². The number of hydrogen-bond donors (Lipinski definition) is 1. The first-order valence-electron chi connectivity index (χ1n) is 7.06. The van der Waals surface area contributed by atoms with Gasteiger partial charge in [0.25, 0.3) is 5.56 Å². The van der Waals surface area contributed by atoms with Crippen LogP contribution in [0.25, 0.3) is 0 Å². The number of rotatable bonds is 5. The van der Waals surface area contributed by atoms with Crippen molar-refractivity contribution >= 4 is 17.3 Å². The van der Waals surface area contributed by atoms with E-state index in [0.29, 0.717) is 5.69 Å². The third-order valence-corrected chi connectivity index (χ3v) is 3.58. The molecule has 0 aliphatic heterocycles. The molecule has 0 aliphatic carbocycles. The van der Waals surface area contributed by atoms with Gasteiger partial charge in [-0.15, -0.1) is 0 Å². The molecule has 1 unspecified atom stereocenters. The fourth-order valence-corrected chi connectivity index (χ4v) is 2.39. The molecule has 0 bridgehead atoms. The normalized spacial score (nSPS) is 12.4. The van der Waals surface area contributed by atoms with Gasteiger partial charge in [-0.3, -0.25) is 4.79 Å². The topological polar surface area (TPSA) is 46.9 Å². The summed E-state index contributed by atoms with van der Waals surface area (Å²) in [5.74, 6) is 0. The molecule has 1 N–H and O–H groups in total. The lowest BCUT2D eigenvalue weighted by atomic mass is 10.1. The molecule has 2 rings (SSSR count). The van der Waals surface area contributed by atoms with Gasteiger partial charge in [0.1, 0.15) is 5.02 Å². The number of hydrogen-bond acceptors (Lipinski definition) is 3. The van der Waals surface area contributed by atoms with Crippen molar-refractivity contribution in [3.05, 3.63) is 57.5 Å². The third kappa shape index (κ3) is 3.85. The Bertz CT molecular complexity index is 652. The first kappa shape index (κ1) is 15.6. The van der Waals surface area contributed by atoms with Crippen molar-refractivity contribution in [3.63, 3.8) is 0 Å². The van der Waals surface area contributed by atoms with Gasteiger partial charge in [0.2, 0.25) is 0 Å². The number of anilines is 1. The second-order valence-corrected chi connectivity index (χ2v) is 5.83. The Morgan fingerprint density at radius 2 is 1.90 bits per heavy atom. The maximum Gasteiger partial charge on any atom is 0.287 e. The van der Waals surface area contributed by atoms with Crippen molar-refractivity contribution in [3.8, 4) is 0 Å². The smallest absolute Gasteiger partial charge is 0.287 e. The van der Waals surface area contributed by atoms with Crippen LogP contribution >= 0.6 is 11.6 Å². The van der Waals surface area contributed by atoms with E-state index < -0.39 is 0 Å². The van der Waals surface area contributed by atoms with Crippen molar-refractivity contribution in [2.45, 2.75) is 39.3 Å². The van der Waals surface area contributed by atoms with E-state index in [1.54, 1.807) is 6.20 Å². The number of benzene rings is 1. The Hall–Kier alpha value is -1.81. The predicted octanol–water partition coefficient (Wildman–Crippen LogP) is 3.52. The van der Waals surface area contributed by atoms with E-state index >= 15 is 0 Å². The van der Waals surface area contributed by atoms with Crippen LogP contribution in [0, 0.1) is 0 Å². The molecular formula is C16H20ClN3O. The summed E-state index contributed by atoms with van der Waals surface area (Å²) in [6, 6.07) is 10.3. The molecular weight excluding hydrogens is 286 g/mol. The largest absolute Gasteiger partial charge is 0.380 e. The summed E-state index contributed by atoms with van der Waals surface area (Å²) in [6.07, 6.45) is 2.47. The van der Waals surface area contributed by atoms with Crippen LogP contribution in [0.3, 0.4) is 0 Å². The Morgan fingerprint density at radius 1 is 1.24 bits per heavy atom. The molecule has 1 aromatic carbocycles. The lowest BCUT2D eigenvalue weighted by molar-refractivity contribution is 0.503. The third-order valence-electron chi connectivity index (χ3n) is 3.22. The van der Waals surface area contributed by atoms with Gasteiger partial charge in [-0.2, -0.15) is 5.10 Å². The summed E-state index contributed by atoms with van der Waals surface area (Å²) in [6.45, 7) is 5.85. The molecule has 1 aromatic heterocycles. The lowest BCUT2D eigenvalue weighted by Gasteiger charge is -2.17. The maximum absolute atomic E-state index is 12.1. The van der Waals surface area contributed by atoms with Crippen molar-refractivity contribution in [1.82, 2.24) is 9.78 Å². The van der Waals surface area contributed by atoms with Crippen molar-refractivity contribution in [2.75, 3.05) is 5.32 Å². The zero-order valence-electron chi connectivity index (χ0n) is 12.5. The minimum atomic E-state index is -0.261. The van der Waals surface area contributed by atoms with Crippen LogP contribution in [-0.2, 0) is 6.42 Å². The molecule has 1 atom stereocenters. The van der Waals surface area contributed by atoms with Gasteiger partial charge < -0.3 is 5.32 Å². The summed E-state index contributed by atoms with van der Waals surface area (Å²) < 4.78 is 1.38. The highest BCUT2D eigenvalue weighted by molar-refractivity contribution is 6.32. The molecule has 4 nitrogen and oxygen atoms in total. The van der Waals surface area contributed by atoms with Gasteiger partial charge in [-0.05, 0) is 32.8 Å². The molecule has 0 amide bonds. The van der Waals surface area contributed by atoms with E-state index in [4.69, 9.17) is 11.6 Å². The van der Waals surface area contributed by atoms with Gasteiger partial charge in [0, 0.05) is 6.04 Å². The highest BCUT2D eigenvalue weighted by Crippen LogP contribution is 2.18. The standard InChI is InChI=1S/C16H20ClN3O/c1-11(2)20-16(21)15(17)14(10-18-20)19-12(3)9-13-7-5-4-6-8-13/h4-8,10-12,19H,9H2,1-3H3. The van der Waals surface area contributed by atoms with Crippen LogP contribution in [0.4, 0.5) is 5.69 Å². The molecule has 0 radical (unpaired) electrons. The van der Waals surface area contributed by atoms with Crippen LogP contribution in [0.2, 0.25) is 5.02 Å². The summed E-state index contributed by atoms with van der Waals surface area (Å²) in [5.41, 5.74) is 1.56. The summed E-state index contributed by atoms with van der Waals surface area (Å²) >= 11 is 6.15. The number of nitrogens with zero attached hydrogens (tertiary/aromatic N) is 2. The summed E-state index contributed by atoms with van der Waals surface area (Å²) in [5, 5.41) is 7.61. The van der Waals surface area contributed by atoms with E-state index in [0.717, 1.165) is 6.42 Å². The van der Waals surface area contributed by atoms with Crippen molar-refractivity contribution < 1.29 is 0 Å². The number of aromatic nitrogens is 2. The average Bonchev–Trinajstić information content (AvgIpc) is 2.44. The first-order valence-corrected chi connectivity index (χ1v) is 7.44. The zero-order valence-corrected chi connectivity index (χ0v) is 13.3. The Kier molecular flexibility index (Phi) is 5.02. The Morgan fingerprint density at radius 3 is 2.52 bits per heavy atom. The summed E-state index contributed by atoms with van der Waals surface area (Å²) in [4.78, 5) is 12.1. The van der Waals surface area contributed by atoms with Gasteiger partial charge in [-0.1, -0.05) is 41.9 Å². The fraction of sp³-hybridized carbons (Fsp3) is 0.375. The van der Waals surface area contributed by atoms with Crippen LogP contribution in [0.15, 0.2) is 41.3 Å². The second kappa shape index (κ2) is 6.76. The molecule has 1 heterocycles. The molecule has 0 spiro atoms. The van der Waals surface area contributed by atoms with Gasteiger partial charge in [-0.25, -0.2) is 4.68 Å². The molecule has 0 aliphatic rings. The lowest BCUT2D eigenvalue weighted by Crippen LogP contribution is -2.27. The number of halogens is 1. The van der Waals surface area contributed by atoms with E-state index in [9.17, 15) is 4.79 Å². The van der Waals surface area contributed by atoms with Gasteiger partial charge in [0.15, 0.2) is 0 Å². The van der Waals surface area contributed by atoms with E-state index in [2.05, 4.69) is 29.5 Å². The summed E-state index contributed by atoms with van der Waals surface area (Å²) in [7, 11) is 0. The molecule has 21 heavy (non-hydrogen) atoms. The van der Waals surface area contributed by atoms with E-state index in [-0.39, 0.29) is 22.7 Å². The minimum Gasteiger partial charge on any atom is -0.380 e. The van der Waals surface area contributed by atoms with Crippen LogP contribution in [0.1, 0.15) is 32.4 Å². The van der Waals surface area contributed by atoms with Crippen molar-refractivity contribution in [2.24, 2.45) is 0 Å². The average molecular weight is 306 g/mol. The molecule has 2 aromatic rings. The molecule has 5 heteroatoms. The molecule has 0 saturated carbocycles. The quantitative estimate of drug-likeness (QED) is 0.919. The highest BCUT2D eigenvalue weighted by atomic mass is 35.5. The van der Waals surface area contributed by atoms with Crippen molar-refractivity contribution in [1.29, 1.82) is 0 Å². The molecule has 112 valence electrons. The zero-order chi connectivity index (χ0) is 15.4. The maximum atomic E-state index is 12.1. The van der Waals surface area contributed by atoms with Crippen LogP contribution < -0.4 is 10.9 Å². The van der Waals surface area contributed by atoms with E-state index in [1.165, 1.54) is 10.2 Å². The first-order chi connectivity index (χ1) is 9.99. The predicted molar refractivity (Wildman–Crippen MR) is 87.1 cm³/mol. The second-order valence-electron chi connectivity index (χ2n) is 5.45. The minimum absolute atomic E-state index is 0.00853. The molecule has 0 saturated heterocycles. The SMILES string of the molecule is CC(Cc1ccccc1)Nc1cnn(C(C)C)c(=O)c1Cl. The Balaban J connectivity index is 2.13. The van der Waals surface area contributed by atoms with Gasteiger partial charge >= 0.3 is 0 Å². The monoisotopic (exact) mass is 305 g/mol. The van der Waals surface area contributed by atoms with Crippen LogP contribution in [0.5, 0.6) is 0 Å². The fourth-order valence-electron chi connectivity index (χ4n) is 2.20.